The zero-order valence-electron chi connectivity index (χ0n) is 13.8. The summed E-state index contributed by atoms with van der Waals surface area (Å²) < 4.78 is 0. The number of fused-ring (bicyclic) bond motifs is 5. The van der Waals surface area contributed by atoms with Crippen LogP contribution in [0.15, 0.2) is 0 Å². The normalized spacial score (nSPS) is 54.6. The molecule has 0 aromatic carbocycles. The van der Waals surface area contributed by atoms with Crippen LogP contribution in [0.3, 0.4) is 0 Å². The summed E-state index contributed by atoms with van der Waals surface area (Å²) in [6.45, 7) is 4.53. The average molecular weight is 304 g/mol. The van der Waals surface area contributed by atoms with Crippen LogP contribution in [-0.4, -0.2) is 22.8 Å². The number of carbonyl (C=O) groups excluding carboxylic acids is 2. The van der Waals surface area contributed by atoms with Gasteiger partial charge in [0.15, 0.2) is 0 Å². The molecule has 4 saturated carbocycles. The minimum absolute atomic E-state index is 0.0225. The zero-order valence-corrected chi connectivity index (χ0v) is 13.8. The highest BCUT2D eigenvalue weighted by Gasteiger charge is 2.62. The quantitative estimate of drug-likeness (QED) is 0.748. The number of aliphatic hydroxyl groups is 1. The van der Waals surface area contributed by atoms with Crippen LogP contribution >= 0.6 is 0 Å². The molecule has 0 bridgehead atoms. The van der Waals surface area contributed by atoms with Crippen molar-refractivity contribution in [3.8, 4) is 0 Å². The minimum Gasteiger partial charge on any atom is -0.393 e. The van der Waals surface area contributed by atoms with Crippen LogP contribution in [-0.2, 0) is 9.59 Å². The summed E-state index contributed by atoms with van der Waals surface area (Å²) in [5, 5.41) is 10.4. The molecule has 7 atom stereocenters. The van der Waals surface area contributed by atoms with Crippen molar-refractivity contribution in [3.05, 3.63) is 0 Å². The highest BCUT2D eigenvalue weighted by Crippen LogP contribution is 2.65. The van der Waals surface area contributed by atoms with Gasteiger partial charge in [0.05, 0.1) is 6.10 Å². The van der Waals surface area contributed by atoms with Gasteiger partial charge in [-0.05, 0) is 60.7 Å². The summed E-state index contributed by atoms with van der Waals surface area (Å²) in [5.74, 6) is 2.12. The summed E-state index contributed by atoms with van der Waals surface area (Å²) in [7, 11) is 0. The SMILES string of the molecule is C[C@]12CCC(=O)CC1C(=O)C[C@@H]1[C@H]2CC[C@]2(C)C(O)CC[C@@H]12. The first kappa shape index (κ1) is 14.9. The Morgan fingerprint density at radius 1 is 0.955 bits per heavy atom. The van der Waals surface area contributed by atoms with E-state index in [0.29, 0.717) is 42.8 Å². The van der Waals surface area contributed by atoms with Gasteiger partial charge >= 0.3 is 0 Å². The van der Waals surface area contributed by atoms with Gasteiger partial charge in [-0.25, -0.2) is 0 Å². The Morgan fingerprint density at radius 2 is 1.68 bits per heavy atom. The minimum atomic E-state index is -0.188. The Bertz CT molecular complexity index is 527. The number of carbonyl (C=O) groups is 2. The molecule has 4 rings (SSSR count). The Balaban J connectivity index is 1.69. The van der Waals surface area contributed by atoms with Crippen molar-refractivity contribution in [2.75, 3.05) is 0 Å². The second-order valence-corrected chi connectivity index (χ2v) is 8.99. The van der Waals surface area contributed by atoms with Crippen molar-refractivity contribution in [2.24, 2.45) is 34.5 Å². The summed E-state index contributed by atoms with van der Waals surface area (Å²) in [6.07, 6.45) is 6.71. The van der Waals surface area contributed by atoms with E-state index in [1.165, 1.54) is 0 Å². The smallest absolute Gasteiger partial charge is 0.137 e. The van der Waals surface area contributed by atoms with E-state index in [-0.39, 0.29) is 28.6 Å². The van der Waals surface area contributed by atoms with Gasteiger partial charge in [0.25, 0.3) is 0 Å². The molecule has 4 aliphatic carbocycles. The standard InChI is InChI=1S/C19H28O3/c1-18-7-5-11(20)9-15(18)16(21)10-12-13-3-4-17(22)19(13,2)8-6-14(12)18/h12-15,17,22H,3-10H2,1-2H3/t12-,13-,14+,15?,17?,18+,19-/m0/s1. The lowest BCUT2D eigenvalue weighted by atomic mass is 9.45. The number of rotatable bonds is 0. The number of ketones is 2. The molecule has 0 amide bonds. The first-order valence-corrected chi connectivity index (χ1v) is 9.09. The predicted octanol–water partition coefficient (Wildman–Crippen LogP) is 3.14. The van der Waals surface area contributed by atoms with Crippen molar-refractivity contribution < 1.29 is 14.7 Å². The molecule has 0 heterocycles. The van der Waals surface area contributed by atoms with Crippen LogP contribution in [0.4, 0.5) is 0 Å². The first-order valence-electron chi connectivity index (χ1n) is 9.09. The molecule has 0 saturated heterocycles. The van der Waals surface area contributed by atoms with E-state index in [0.717, 1.165) is 32.1 Å². The van der Waals surface area contributed by atoms with Crippen molar-refractivity contribution in [1.82, 2.24) is 0 Å². The van der Waals surface area contributed by atoms with Crippen molar-refractivity contribution in [3.63, 3.8) is 0 Å². The highest BCUT2D eigenvalue weighted by atomic mass is 16.3. The number of Topliss-reactive ketones (excluding diaryl/α,β-unsaturated/α-hetero) is 2. The molecular weight excluding hydrogens is 276 g/mol. The summed E-state index contributed by atoms with van der Waals surface area (Å²) >= 11 is 0. The van der Waals surface area contributed by atoms with E-state index >= 15 is 0 Å². The predicted molar refractivity (Wildman–Crippen MR) is 83.1 cm³/mol. The third-order valence-electron chi connectivity index (χ3n) is 8.23. The molecule has 22 heavy (non-hydrogen) atoms. The second kappa shape index (κ2) is 4.66. The topological polar surface area (TPSA) is 54.4 Å². The van der Waals surface area contributed by atoms with Gasteiger partial charge in [-0.3, -0.25) is 9.59 Å². The molecule has 0 aromatic heterocycles. The lowest BCUT2D eigenvalue weighted by Crippen LogP contribution is -2.57. The molecule has 0 radical (unpaired) electrons. The number of aliphatic hydroxyl groups excluding tert-OH is 1. The van der Waals surface area contributed by atoms with E-state index in [2.05, 4.69) is 13.8 Å². The first-order chi connectivity index (χ1) is 10.4. The monoisotopic (exact) mass is 304 g/mol. The van der Waals surface area contributed by atoms with E-state index in [1.54, 1.807) is 0 Å². The summed E-state index contributed by atoms with van der Waals surface area (Å²) in [6, 6.07) is 0. The third kappa shape index (κ3) is 1.78. The van der Waals surface area contributed by atoms with E-state index in [4.69, 9.17) is 0 Å². The van der Waals surface area contributed by atoms with Crippen molar-refractivity contribution in [1.29, 1.82) is 0 Å². The van der Waals surface area contributed by atoms with E-state index in [9.17, 15) is 14.7 Å². The molecule has 4 fully saturated rings. The largest absolute Gasteiger partial charge is 0.393 e. The fourth-order valence-electron chi connectivity index (χ4n) is 6.81. The highest BCUT2D eigenvalue weighted by molar-refractivity contribution is 5.90. The van der Waals surface area contributed by atoms with Crippen LogP contribution in [0.5, 0.6) is 0 Å². The Hall–Kier alpha value is -0.700. The van der Waals surface area contributed by atoms with Crippen molar-refractivity contribution in [2.45, 2.75) is 71.3 Å². The maximum Gasteiger partial charge on any atom is 0.137 e. The van der Waals surface area contributed by atoms with Crippen LogP contribution in [0, 0.1) is 34.5 Å². The average Bonchev–Trinajstić information content (AvgIpc) is 2.77. The van der Waals surface area contributed by atoms with Gasteiger partial charge in [0, 0.05) is 25.2 Å². The molecule has 2 unspecified atom stereocenters. The number of hydrogen-bond donors (Lipinski definition) is 1. The Morgan fingerprint density at radius 3 is 2.45 bits per heavy atom. The van der Waals surface area contributed by atoms with Gasteiger partial charge in [-0.15, -0.1) is 0 Å². The van der Waals surface area contributed by atoms with Gasteiger partial charge < -0.3 is 5.11 Å². The summed E-state index contributed by atoms with van der Waals surface area (Å²) in [5.41, 5.74) is 0.0535. The van der Waals surface area contributed by atoms with Gasteiger partial charge in [0.1, 0.15) is 11.6 Å². The maximum absolute atomic E-state index is 12.8. The molecule has 0 aromatic rings. The molecule has 122 valence electrons. The Labute approximate surface area is 132 Å². The maximum atomic E-state index is 12.8. The van der Waals surface area contributed by atoms with Gasteiger partial charge in [0.2, 0.25) is 0 Å². The molecule has 3 heteroatoms. The van der Waals surface area contributed by atoms with E-state index in [1.807, 2.05) is 0 Å². The van der Waals surface area contributed by atoms with Gasteiger partial charge in [-0.1, -0.05) is 13.8 Å². The summed E-state index contributed by atoms with van der Waals surface area (Å²) in [4.78, 5) is 24.7. The van der Waals surface area contributed by atoms with Crippen LogP contribution in [0.25, 0.3) is 0 Å². The van der Waals surface area contributed by atoms with Gasteiger partial charge in [-0.2, -0.15) is 0 Å². The van der Waals surface area contributed by atoms with Crippen molar-refractivity contribution >= 4 is 11.6 Å². The fourth-order valence-corrected chi connectivity index (χ4v) is 6.81. The zero-order chi connectivity index (χ0) is 15.7. The Kier molecular flexibility index (Phi) is 3.15. The molecule has 3 nitrogen and oxygen atoms in total. The second-order valence-electron chi connectivity index (χ2n) is 8.99. The van der Waals surface area contributed by atoms with Crippen LogP contribution < -0.4 is 0 Å². The number of hydrogen-bond acceptors (Lipinski definition) is 3. The van der Waals surface area contributed by atoms with E-state index < -0.39 is 0 Å². The third-order valence-corrected chi connectivity index (χ3v) is 8.23. The molecule has 4 aliphatic rings. The molecule has 1 N–H and O–H groups in total. The molecular formula is C19H28O3. The van der Waals surface area contributed by atoms with Crippen LogP contribution in [0.2, 0.25) is 0 Å². The lowest BCUT2D eigenvalue weighted by Gasteiger charge is -2.59. The molecule has 0 spiro atoms. The fraction of sp³-hybridized carbons (Fsp3) is 0.895. The van der Waals surface area contributed by atoms with Crippen LogP contribution in [0.1, 0.15) is 65.2 Å². The lowest BCUT2D eigenvalue weighted by molar-refractivity contribution is -0.160. The molecule has 0 aliphatic heterocycles.